The van der Waals surface area contributed by atoms with Gasteiger partial charge in [-0.05, 0) is 18.2 Å². The van der Waals surface area contributed by atoms with Crippen LogP contribution in [0.4, 0.5) is 0 Å². The summed E-state index contributed by atoms with van der Waals surface area (Å²) in [5.74, 6) is 1.42. The van der Waals surface area contributed by atoms with E-state index in [0.717, 1.165) is 5.82 Å². The van der Waals surface area contributed by atoms with E-state index in [0.29, 0.717) is 29.4 Å². The monoisotopic (exact) mass is 278 g/mol. The number of nitrogens with two attached hydrogens (primary N) is 1. The van der Waals surface area contributed by atoms with E-state index in [1.807, 2.05) is 17.8 Å². The molecule has 0 spiro atoms. The van der Waals surface area contributed by atoms with Crippen LogP contribution in [0.5, 0.6) is 5.75 Å². The molecule has 2 aromatic rings. The first-order chi connectivity index (χ1) is 9.08. The lowest BCUT2D eigenvalue weighted by Gasteiger charge is -2.11. The van der Waals surface area contributed by atoms with Crippen molar-refractivity contribution in [2.24, 2.45) is 12.8 Å². The highest BCUT2D eigenvalue weighted by Gasteiger charge is 2.08. The molecule has 19 heavy (non-hydrogen) atoms. The number of ether oxygens (including phenoxy) is 1. The van der Waals surface area contributed by atoms with Crippen molar-refractivity contribution in [1.82, 2.24) is 9.55 Å². The third-order valence-electron chi connectivity index (χ3n) is 2.74. The molecule has 0 aliphatic carbocycles. The summed E-state index contributed by atoms with van der Waals surface area (Å²) >= 11 is 5.92. The van der Waals surface area contributed by atoms with Gasteiger partial charge in [0, 0.05) is 30.9 Å². The van der Waals surface area contributed by atoms with Gasteiger partial charge in [0.2, 0.25) is 0 Å². The van der Waals surface area contributed by atoms with E-state index >= 15 is 0 Å². The van der Waals surface area contributed by atoms with Gasteiger partial charge in [-0.15, -0.1) is 0 Å². The summed E-state index contributed by atoms with van der Waals surface area (Å²) in [4.78, 5) is 4.21. The molecular weight excluding hydrogens is 264 g/mol. The van der Waals surface area contributed by atoms with E-state index in [2.05, 4.69) is 4.98 Å². The molecule has 100 valence electrons. The third kappa shape index (κ3) is 3.26. The van der Waals surface area contributed by atoms with Crippen LogP contribution in [-0.2, 0) is 13.5 Å². The van der Waals surface area contributed by atoms with Crippen molar-refractivity contribution in [1.29, 1.82) is 5.41 Å². The van der Waals surface area contributed by atoms with Crippen LogP contribution in [0.3, 0.4) is 0 Å². The summed E-state index contributed by atoms with van der Waals surface area (Å²) in [5.41, 5.74) is 6.04. The minimum atomic E-state index is -0.0383. The largest absolute Gasteiger partial charge is 0.492 e. The smallest absolute Gasteiger partial charge is 0.131 e. The SMILES string of the molecule is Cn1ccnc1CCOc1cc(Cl)ccc1C(=N)N. The molecule has 1 aromatic carbocycles. The van der Waals surface area contributed by atoms with Gasteiger partial charge in [-0.2, -0.15) is 0 Å². The van der Waals surface area contributed by atoms with Crippen molar-refractivity contribution < 1.29 is 4.74 Å². The van der Waals surface area contributed by atoms with Crippen molar-refractivity contribution in [3.63, 3.8) is 0 Å². The van der Waals surface area contributed by atoms with Gasteiger partial charge in [0.05, 0.1) is 12.2 Å². The van der Waals surface area contributed by atoms with Gasteiger partial charge in [0.15, 0.2) is 0 Å². The van der Waals surface area contributed by atoms with Crippen molar-refractivity contribution in [2.45, 2.75) is 6.42 Å². The summed E-state index contributed by atoms with van der Waals surface area (Å²) in [6, 6.07) is 5.03. The Labute approximate surface area is 116 Å². The first kappa shape index (κ1) is 13.4. The Bertz CT molecular complexity index is 594. The maximum atomic E-state index is 7.49. The maximum Gasteiger partial charge on any atom is 0.131 e. The number of aromatic nitrogens is 2. The van der Waals surface area contributed by atoms with Gasteiger partial charge in [0.25, 0.3) is 0 Å². The minimum absolute atomic E-state index is 0.0383. The van der Waals surface area contributed by atoms with Gasteiger partial charge < -0.3 is 15.0 Å². The van der Waals surface area contributed by atoms with Gasteiger partial charge >= 0.3 is 0 Å². The molecule has 0 fully saturated rings. The number of nitrogens with one attached hydrogen (secondary N) is 1. The Morgan fingerprint density at radius 3 is 2.95 bits per heavy atom. The van der Waals surface area contributed by atoms with E-state index in [9.17, 15) is 0 Å². The third-order valence-corrected chi connectivity index (χ3v) is 2.97. The Morgan fingerprint density at radius 2 is 2.32 bits per heavy atom. The van der Waals surface area contributed by atoms with Crippen LogP contribution in [0, 0.1) is 5.41 Å². The van der Waals surface area contributed by atoms with Crippen molar-refractivity contribution in [2.75, 3.05) is 6.61 Å². The predicted molar refractivity (Wildman–Crippen MR) is 74.9 cm³/mol. The molecule has 0 unspecified atom stereocenters. The number of aryl methyl sites for hydroxylation is 1. The second kappa shape index (κ2) is 5.75. The highest BCUT2D eigenvalue weighted by molar-refractivity contribution is 6.30. The molecule has 1 aromatic heterocycles. The fraction of sp³-hybridized carbons (Fsp3) is 0.231. The zero-order valence-electron chi connectivity index (χ0n) is 10.6. The molecular formula is C13H15ClN4O. The van der Waals surface area contributed by atoms with Crippen LogP contribution in [0.25, 0.3) is 0 Å². The summed E-state index contributed by atoms with van der Waals surface area (Å²) in [6.07, 6.45) is 4.30. The number of hydrogen-bond donors (Lipinski definition) is 2. The van der Waals surface area contributed by atoms with Gasteiger partial charge in [-0.25, -0.2) is 4.98 Å². The first-order valence-corrected chi connectivity index (χ1v) is 6.18. The summed E-state index contributed by atoms with van der Waals surface area (Å²) < 4.78 is 7.59. The van der Waals surface area contributed by atoms with Crippen LogP contribution in [0.1, 0.15) is 11.4 Å². The molecule has 6 heteroatoms. The van der Waals surface area contributed by atoms with Crippen molar-refractivity contribution in [3.8, 4) is 5.75 Å². The molecule has 0 atom stereocenters. The zero-order chi connectivity index (χ0) is 13.8. The van der Waals surface area contributed by atoms with E-state index in [4.69, 9.17) is 27.5 Å². The van der Waals surface area contributed by atoms with E-state index in [1.54, 1.807) is 24.4 Å². The summed E-state index contributed by atoms with van der Waals surface area (Å²) in [5, 5.41) is 8.05. The molecule has 0 radical (unpaired) electrons. The molecule has 0 amide bonds. The molecule has 0 saturated heterocycles. The van der Waals surface area contributed by atoms with Gasteiger partial charge in [-0.1, -0.05) is 11.6 Å². The minimum Gasteiger partial charge on any atom is -0.492 e. The topological polar surface area (TPSA) is 76.9 Å². The maximum absolute atomic E-state index is 7.49. The van der Waals surface area contributed by atoms with Crippen LogP contribution in [0.2, 0.25) is 5.02 Å². The number of amidine groups is 1. The molecule has 0 aliphatic rings. The number of rotatable bonds is 5. The standard InChI is InChI=1S/C13H15ClN4O/c1-18-6-5-17-12(18)4-7-19-11-8-9(14)2-3-10(11)13(15)16/h2-3,5-6,8H,4,7H2,1H3,(H3,15,16). The summed E-state index contributed by atoms with van der Waals surface area (Å²) in [6.45, 7) is 0.450. The average Bonchev–Trinajstić information content (AvgIpc) is 2.75. The van der Waals surface area contributed by atoms with Crippen LogP contribution >= 0.6 is 11.6 Å². The van der Waals surface area contributed by atoms with Crippen LogP contribution in [0.15, 0.2) is 30.6 Å². The van der Waals surface area contributed by atoms with Crippen LogP contribution in [-0.4, -0.2) is 22.0 Å². The average molecular weight is 279 g/mol. The Hall–Kier alpha value is -2.01. The number of nitrogens with zero attached hydrogens (tertiary/aromatic N) is 2. The molecule has 1 heterocycles. The Balaban J connectivity index is 2.05. The molecule has 2 rings (SSSR count). The first-order valence-electron chi connectivity index (χ1n) is 5.81. The zero-order valence-corrected chi connectivity index (χ0v) is 11.3. The van der Waals surface area contributed by atoms with Gasteiger partial charge in [0.1, 0.15) is 17.4 Å². The van der Waals surface area contributed by atoms with Crippen molar-refractivity contribution >= 4 is 17.4 Å². The van der Waals surface area contributed by atoms with Crippen LogP contribution < -0.4 is 10.5 Å². The normalized spacial score (nSPS) is 10.4. The Kier molecular flexibility index (Phi) is 4.06. The lowest BCUT2D eigenvalue weighted by Crippen LogP contribution is -2.14. The number of hydrogen-bond acceptors (Lipinski definition) is 3. The number of nitrogen functional groups attached to an aromatic ring is 1. The van der Waals surface area contributed by atoms with E-state index in [1.165, 1.54) is 0 Å². The molecule has 0 aliphatic heterocycles. The fourth-order valence-corrected chi connectivity index (χ4v) is 1.89. The lowest BCUT2D eigenvalue weighted by molar-refractivity contribution is 0.317. The van der Waals surface area contributed by atoms with E-state index in [-0.39, 0.29) is 5.84 Å². The number of halogens is 1. The Morgan fingerprint density at radius 1 is 1.53 bits per heavy atom. The lowest BCUT2D eigenvalue weighted by atomic mass is 10.2. The molecule has 3 N–H and O–H groups in total. The second-order valence-electron chi connectivity index (χ2n) is 4.11. The summed E-state index contributed by atoms with van der Waals surface area (Å²) in [7, 11) is 1.93. The second-order valence-corrected chi connectivity index (χ2v) is 4.54. The molecule has 5 nitrogen and oxygen atoms in total. The highest BCUT2D eigenvalue weighted by atomic mass is 35.5. The number of imidazole rings is 1. The molecule has 0 saturated carbocycles. The quantitative estimate of drug-likeness (QED) is 0.648. The predicted octanol–water partition coefficient (Wildman–Crippen LogP) is 1.98. The van der Waals surface area contributed by atoms with E-state index < -0.39 is 0 Å². The number of benzene rings is 1. The van der Waals surface area contributed by atoms with Gasteiger partial charge in [-0.3, -0.25) is 5.41 Å². The van der Waals surface area contributed by atoms with Crippen molar-refractivity contribution in [3.05, 3.63) is 47.0 Å². The molecule has 0 bridgehead atoms. The highest BCUT2D eigenvalue weighted by Crippen LogP contribution is 2.23. The fourth-order valence-electron chi connectivity index (χ4n) is 1.73.